The zero-order valence-corrected chi connectivity index (χ0v) is 3.01. The Bertz CT molecular complexity index is 39.0. The van der Waals surface area contributed by atoms with Crippen LogP contribution in [0.1, 0.15) is 0 Å². The van der Waals surface area contributed by atoms with Gasteiger partial charge in [0, 0.05) is 0 Å². The molecule has 8 heavy (non-hydrogen) atoms. The summed E-state index contributed by atoms with van der Waals surface area (Å²) in [5.74, 6) is 0. The molecule has 7 N–H and O–H groups in total. The Morgan fingerprint density at radius 1 is 1.25 bits per heavy atom. The molecule has 0 radical (unpaired) electrons. The molecule has 0 bridgehead atoms. The van der Waals surface area contributed by atoms with Crippen molar-refractivity contribution < 1.29 is 20.5 Å². The maximum Gasteiger partial charge on any atom is 0.316 e. The predicted molar refractivity (Wildman–Crippen MR) is 36.4 cm³/mol. The van der Waals surface area contributed by atoms with Crippen molar-refractivity contribution >= 4 is 66.9 Å². The first-order valence-electron chi connectivity index (χ1n) is 0.651. The second kappa shape index (κ2) is 24.1. The van der Waals surface area contributed by atoms with Crippen LogP contribution in [-0.4, -0.2) is 82.6 Å². The number of carboxylic acid groups (broad SMARTS) is 2. The van der Waals surface area contributed by atoms with Crippen LogP contribution in [0.2, 0.25) is 0 Å². The van der Waals surface area contributed by atoms with E-state index >= 15 is 0 Å². The molecule has 48 valence electrons. The Balaban J connectivity index is -0.00000000750. The number of hydrogen-bond donors (Lipinski definition) is 3. The first kappa shape index (κ1) is 35.0. The standard InChI is InChI=1S/CH2O3.Ca.Mg.H3N.H2O.4H/c2-1(3)4;;;;;;;;/h(H2,2,3,4);;;1H3;1H2;;;;. The molecule has 0 atom stereocenters. The van der Waals surface area contributed by atoms with E-state index in [9.17, 15) is 0 Å². The van der Waals surface area contributed by atoms with Gasteiger partial charge in [0.25, 0.3) is 0 Å². The number of hydrogen-bond acceptors (Lipinski definition) is 2. The largest absolute Gasteiger partial charge is 0.316 e. The summed E-state index contributed by atoms with van der Waals surface area (Å²) in [5.41, 5.74) is 0. The molecule has 0 fully saturated rings. The van der Waals surface area contributed by atoms with Crippen molar-refractivity contribution in [2.24, 2.45) is 0 Å². The molecule has 0 aliphatic heterocycles. The van der Waals surface area contributed by atoms with Crippen molar-refractivity contribution in [1.29, 1.82) is 0 Å². The maximum atomic E-state index is 8.56. The van der Waals surface area contributed by atoms with E-state index in [4.69, 9.17) is 15.0 Å². The van der Waals surface area contributed by atoms with E-state index in [1.54, 1.807) is 0 Å². The van der Waals surface area contributed by atoms with Gasteiger partial charge in [0.15, 0.2) is 0 Å². The molecule has 0 amide bonds. The van der Waals surface area contributed by atoms with E-state index < -0.39 is 6.16 Å². The Kier molecular flexibility index (Phi) is 105. The molecule has 0 aliphatic carbocycles. The molecule has 5 nitrogen and oxygen atoms in total. The summed E-state index contributed by atoms with van der Waals surface area (Å²) in [7, 11) is 0. The van der Waals surface area contributed by atoms with Crippen LogP contribution in [0.5, 0.6) is 0 Å². The van der Waals surface area contributed by atoms with Crippen molar-refractivity contribution in [3.8, 4) is 0 Å². The van der Waals surface area contributed by atoms with Crippen molar-refractivity contribution in [1.82, 2.24) is 6.15 Å². The normalized spacial score (nSPS) is 3.00. The van der Waals surface area contributed by atoms with Gasteiger partial charge in [-0.1, -0.05) is 0 Å². The van der Waals surface area contributed by atoms with Gasteiger partial charge in [0.05, 0.1) is 0 Å². The SMILES string of the molecule is N.O.O=C(O)O.[CaH2].[MgH2]. The second-order valence-corrected chi connectivity index (χ2v) is 0.283. The summed E-state index contributed by atoms with van der Waals surface area (Å²) < 4.78 is 0. The molecule has 0 aromatic rings. The van der Waals surface area contributed by atoms with Crippen molar-refractivity contribution in [2.45, 2.75) is 0 Å². The molecule has 7 heteroatoms. The molecule has 0 heterocycles. The summed E-state index contributed by atoms with van der Waals surface area (Å²) in [4.78, 5) is 8.56. The molecular weight excluding hydrogens is 154 g/mol. The molecular formula is CH11CaMgNO4. The summed E-state index contributed by atoms with van der Waals surface area (Å²) in [6, 6.07) is 0. The van der Waals surface area contributed by atoms with E-state index in [0.717, 1.165) is 0 Å². The van der Waals surface area contributed by atoms with Gasteiger partial charge >= 0.3 is 66.9 Å². The van der Waals surface area contributed by atoms with Crippen molar-refractivity contribution in [3.05, 3.63) is 0 Å². The summed E-state index contributed by atoms with van der Waals surface area (Å²) in [6.07, 6.45) is -1.83. The molecule has 0 aliphatic rings. The molecule has 0 rings (SSSR count). The smallest absolute Gasteiger partial charge is 0.316 e. The van der Waals surface area contributed by atoms with Gasteiger partial charge in [-0.05, 0) is 0 Å². The van der Waals surface area contributed by atoms with Crippen LogP contribution >= 0.6 is 0 Å². The van der Waals surface area contributed by atoms with Crippen molar-refractivity contribution in [3.63, 3.8) is 0 Å². The first-order chi connectivity index (χ1) is 1.73. The molecule has 0 spiro atoms. The fourth-order valence-electron chi connectivity index (χ4n) is 0. The van der Waals surface area contributed by atoms with Gasteiger partial charge in [-0.15, -0.1) is 0 Å². The Hall–Kier alpha value is 1.22. The molecule has 0 unspecified atom stereocenters. The van der Waals surface area contributed by atoms with Gasteiger partial charge in [0.1, 0.15) is 0 Å². The fourth-order valence-corrected chi connectivity index (χ4v) is 0. The van der Waals surface area contributed by atoms with Crippen LogP contribution in [0.4, 0.5) is 4.79 Å². The first-order valence-corrected chi connectivity index (χ1v) is 0.651. The van der Waals surface area contributed by atoms with Gasteiger partial charge in [-0.25, -0.2) is 4.79 Å². The van der Waals surface area contributed by atoms with Crippen LogP contribution in [0.25, 0.3) is 0 Å². The van der Waals surface area contributed by atoms with Crippen molar-refractivity contribution in [2.75, 3.05) is 0 Å². The second-order valence-electron chi connectivity index (χ2n) is 0.283. The third-order valence-corrected chi connectivity index (χ3v) is 0. The molecule has 0 aromatic carbocycles. The van der Waals surface area contributed by atoms with Gasteiger partial charge in [0.2, 0.25) is 0 Å². The topological polar surface area (TPSA) is 124 Å². The van der Waals surface area contributed by atoms with Crippen LogP contribution in [0.15, 0.2) is 0 Å². The number of carbonyl (C=O) groups is 1. The number of rotatable bonds is 0. The predicted octanol–water partition coefficient (Wildman–Crippen LogP) is -2.27. The van der Waals surface area contributed by atoms with Gasteiger partial charge < -0.3 is 21.8 Å². The monoisotopic (exact) mass is 165 g/mol. The van der Waals surface area contributed by atoms with Gasteiger partial charge in [-0.3, -0.25) is 0 Å². The minimum Gasteiger partial charge on any atom is 0.316 e. The third kappa shape index (κ3) is 189. The van der Waals surface area contributed by atoms with E-state index in [2.05, 4.69) is 0 Å². The van der Waals surface area contributed by atoms with E-state index in [1.807, 2.05) is 0 Å². The quantitative estimate of drug-likeness (QED) is 0.350. The van der Waals surface area contributed by atoms with Crippen LogP contribution < -0.4 is 6.15 Å². The zero-order valence-electron chi connectivity index (χ0n) is 3.01. The summed E-state index contributed by atoms with van der Waals surface area (Å²) in [5, 5.41) is 13.9. The molecule has 0 saturated heterocycles. The average molecular weight is 165 g/mol. The minimum atomic E-state index is -1.83. The Labute approximate surface area is 92.5 Å². The van der Waals surface area contributed by atoms with Gasteiger partial charge in [-0.2, -0.15) is 0 Å². The molecule has 0 saturated carbocycles. The summed E-state index contributed by atoms with van der Waals surface area (Å²) >= 11 is 0. The van der Waals surface area contributed by atoms with E-state index in [0.29, 0.717) is 0 Å². The molecule has 0 aromatic heterocycles. The van der Waals surface area contributed by atoms with Crippen LogP contribution in [0.3, 0.4) is 0 Å². The van der Waals surface area contributed by atoms with Crippen LogP contribution in [-0.2, 0) is 0 Å². The zero-order chi connectivity index (χ0) is 3.58. The third-order valence-electron chi connectivity index (χ3n) is 0. The Morgan fingerprint density at radius 3 is 1.25 bits per heavy atom. The van der Waals surface area contributed by atoms with E-state index in [-0.39, 0.29) is 72.4 Å². The summed E-state index contributed by atoms with van der Waals surface area (Å²) in [6.45, 7) is 0. The fraction of sp³-hybridized carbons (Fsp3) is 0. The average Bonchev–Trinajstić information content (AvgIpc) is 0.811. The maximum absolute atomic E-state index is 8.56. The van der Waals surface area contributed by atoms with E-state index in [1.165, 1.54) is 0 Å². The van der Waals surface area contributed by atoms with Crippen LogP contribution in [0, 0.1) is 0 Å². The Morgan fingerprint density at radius 2 is 1.25 bits per heavy atom. The minimum absolute atomic E-state index is 0.